The van der Waals surface area contributed by atoms with Crippen LogP contribution in [0.2, 0.25) is 10.0 Å². The Labute approximate surface area is 139 Å². The molecule has 2 rings (SSSR count). The highest BCUT2D eigenvalue weighted by molar-refractivity contribution is 6.36. The second-order valence-electron chi connectivity index (χ2n) is 4.89. The lowest BCUT2D eigenvalue weighted by molar-refractivity contribution is -0.132. The smallest absolute Gasteiger partial charge is 0.243 e. The van der Waals surface area contributed by atoms with Crippen LogP contribution in [0.5, 0.6) is 0 Å². The molecule has 0 bridgehead atoms. The van der Waals surface area contributed by atoms with Crippen molar-refractivity contribution in [2.24, 2.45) is 0 Å². The molecule has 1 aromatic carbocycles. The highest BCUT2D eigenvalue weighted by Crippen LogP contribution is 2.29. The average molecular weight is 342 g/mol. The Bertz CT molecular complexity index is 584. The first-order valence-corrected chi connectivity index (χ1v) is 7.65. The summed E-state index contributed by atoms with van der Waals surface area (Å²) < 4.78 is 0. The maximum Gasteiger partial charge on any atom is 0.243 e. The molecule has 118 valence electrons. The van der Waals surface area contributed by atoms with Crippen molar-refractivity contribution in [2.45, 2.75) is 0 Å². The highest BCUT2D eigenvalue weighted by Gasteiger charge is 2.22. The van der Waals surface area contributed by atoms with Crippen molar-refractivity contribution in [1.29, 1.82) is 0 Å². The van der Waals surface area contributed by atoms with Crippen molar-refractivity contribution in [2.75, 3.05) is 37.6 Å². The summed E-state index contributed by atoms with van der Waals surface area (Å²) in [5.41, 5.74) is 0.915. The molecule has 1 heterocycles. The number of carbonyl (C=O) groups is 2. The van der Waals surface area contributed by atoms with Crippen LogP contribution in [0.15, 0.2) is 30.9 Å². The van der Waals surface area contributed by atoms with E-state index in [2.05, 4.69) is 16.8 Å². The predicted molar refractivity (Wildman–Crippen MR) is 88.5 cm³/mol. The van der Waals surface area contributed by atoms with Gasteiger partial charge < -0.3 is 15.1 Å². The van der Waals surface area contributed by atoms with E-state index in [0.717, 1.165) is 11.8 Å². The number of nitrogens with one attached hydrogen (secondary N) is 1. The van der Waals surface area contributed by atoms with Crippen molar-refractivity contribution < 1.29 is 9.59 Å². The molecule has 1 N–H and O–H groups in total. The summed E-state index contributed by atoms with van der Waals surface area (Å²) in [7, 11) is 0. The van der Waals surface area contributed by atoms with Gasteiger partial charge in [-0.1, -0.05) is 29.8 Å². The summed E-state index contributed by atoms with van der Waals surface area (Å²) in [6, 6.07) is 5.39. The Morgan fingerprint density at radius 1 is 1.23 bits per heavy atom. The van der Waals surface area contributed by atoms with E-state index in [4.69, 9.17) is 23.2 Å². The van der Waals surface area contributed by atoms with Gasteiger partial charge in [-0.2, -0.15) is 0 Å². The highest BCUT2D eigenvalue weighted by atomic mass is 35.5. The Morgan fingerprint density at radius 3 is 2.50 bits per heavy atom. The van der Waals surface area contributed by atoms with Crippen molar-refractivity contribution in [3.63, 3.8) is 0 Å². The van der Waals surface area contributed by atoms with Crippen molar-refractivity contribution in [3.05, 3.63) is 40.9 Å². The van der Waals surface area contributed by atoms with E-state index in [1.807, 2.05) is 6.07 Å². The number of halogens is 2. The molecule has 0 saturated carbocycles. The zero-order valence-electron chi connectivity index (χ0n) is 12.0. The number of nitrogens with zero attached hydrogens (tertiary/aromatic N) is 2. The summed E-state index contributed by atoms with van der Waals surface area (Å²) in [6.07, 6.45) is 1.15. The molecular weight excluding hydrogens is 325 g/mol. The first kappa shape index (κ1) is 16.6. The fourth-order valence-electron chi connectivity index (χ4n) is 2.28. The predicted octanol–water partition coefficient (Wildman–Crippen LogP) is 1.94. The van der Waals surface area contributed by atoms with Crippen LogP contribution in [-0.4, -0.2) is 49.4 Å². The third-order valence-corrected chi connectivity index (χ3v) is 4.02. The topological polar surface area (TPSA) is 52.7 Å². The van der Waals surface area contributed by atoms with Gasteiger partial charge in [-0.05, 0) is 24.3 Å². The summed E-state index contributed by atoms with van der Waals surface area (Å²) in [5.74, 6) is -0.447. The Kier molecular flexibility index (Phi) is 5.69. The molecule has 22 heavy (non-hydrogen) atoms. The molecule has 0 atom stereocenters. The van der Waals surface area contributed by atoms with Crippen LogP contribution in [0, 0.1) is 0 Å². The largest absolute Gasteiger partial charge is 0.367 e. The quantitative estimate of drug-likeness (QED) is 0.851. The summed E-state index contributed by atoms with van der Waals surface area (Å²) in [4.78, 5) is 26.9. The van der Waals surface area contributed by atoms with Gasteiger partial charge in [0.25, 0.3) is 0 Å². The van der Waals surface area contributed by atoms with Gasteiger partial charge in [-0.15, -0.1) is 0 Å². The number of piperazine rings is 1. The summed E-state index contributed by atoms with van der Waals surface area (Å²) in [6.45, 7) is 5.87. The van der Waals surface area contributed by atoms with Crippen LogP contribution in [-0.2, 0) is 9.59 Å². The van der Waals surface area contributed by atoms with Crippen LogP contribution in [0.1, 0.15) is 0 Å². The number of amides is 2. The zero-order chi connectivity index (χ0) is 16.1. The molecule has 1 saturated heterocycles. The van der Waals surface area contributed by atoms with Crippen molar-refractivity contribution >= 4 is 40.7 Å². The van der Waals surface area contributed by atoms with Crippen molar-refractivity contribution in [1.82, 2.24) is 10.2 Å². The number of hydrogen-bond donors (Lipinski definition) is 1. The lowest BCUT2D eigenvalue weighted by atomic mass is 10.2. The first-order valence-electron chi connectivity index (χ1n) is 6.89. The lowest BCUT2D eigenvalue weighted by Gasteiger charge is -2.36. The molecule has 5 nitrogen and oxygen atoms in total. The number of anilines is 1. The number of hydrogen-bond acceptors (Lipinski definition) is 3. The molecule has 1 fully saturated rings. The monoisotopic (exact) mass is 341 g/mol. The molecule has 0 radical (unpaired) electrons. The van der Waals surface area contributed by atoms with Gasteiger partial charge in [0.05, 0.1) is 17.3 Å². The Morgan fingerprint density at radius 2 is 1.91 bits per heavy atom. The SMILES string of the molecule is C=CC(=O)NCC(=O)N1CCN(c2ccc(Cl)cc2Cl)CC1. The van der Waals surface area contributed by atoms with E-state index in [1.165, 1.54) is 0 Å². The average Bonchev–Trinajstić information content (AvgIpc) is 2.52. The van der Waals surface area contributed by atoms with Gasteiger partial charge >= 0.3 is 0 Å². The van der Waals surface area contributed by atoms with E-state index >= 15 is 0 Å². The molecule has 1 aromatic rings. The van der Waals surface area contributed by atoms with Crippen LogP contribution >= 0.6 is 23.2 Å². The number of benzene rings is 1. The third-order valence-electron chi connectivity index (χ3n) is 3.48. The molecule has 7 heteroatoms. The Hall–Kier alpha value is -1.72. The van der Waals surface area contributed by atoms with E-state index in [0.29, 0.717) is 36.2 Å². The molecule has 0 spiro atoms. The van der Waals surface area contributed by atoms with Gasteiger partial charge in [-0.25, -0.2) is 0 Å². The third kappa shape index (κ3) is 4.15. The maximum absolute atomic E-state index is 12.0. The van der Waals surface area contributed by atoms with Gasteiger partial charge in [0.15, 0.2) is 0 Å². The molecule has 1 aliphatic heterocycles. The van der Waals surface area contributed by atoms with E-state index in [-0.39, 0.29) is 18.4 Å². The second-order valence-corrected chi connectivity index (χ2v) is 5.73. The van der Waals surface area contributed by atoms with Gasteiger partial charge in [-0.3, -0.25) is 9.59 Å². The van der Waals surface area contributed by atoms with E-state index in [1.54, 1.807) is 17.0 Å². The zero-order valence-corrected chi connectivity index (χ0v) is 13.5. The molecule has 0 unspecified atom stereocenters. The van der Waals surface area contributed by atoms with Crippen LogP contribution in [0.4, 0.5) is 5.69 Å². The standard InChI is InChI=1S/C15H17Cl2N3O2/c1-2-14(21)18-10-15(22)20-7-5-19(6-8-20)13-4-3-11(16)9-12(13)17/h2-4,9H,1,5-8,10H2,(H,18,21). The molecular formula is C15H17Cl2N3O2. The number of rotatable bonds is 4. The van der Waals surface area contributed by atoms with E-state index in [9.17, 15) is 9.59 Å². The number of carbonyl (C=O) groups excluding carboxylic acids is 2. The summed E-state index contributed by atoms with van der Waals surface area (Å²) >= 11 is 12.1. The second kappa shape index (κ2) is 7.51. The normalized spacial score (nSPS) is 14.6. The molecule has 1 aliphatic rings. The van der Waals surface area contributed by atoms with Gasteiger partial charge in [0.1, 0.15) is 0 Å². The minimum Gasteiger partial charge on any atom is -0.367 e. The van der Waals surface area contributed by atoms with Crippen LogP contribution < -0.4 is 10.2 Å². The van der Waals surface area contributed by atoms with Gasteiger partial charge in [0.2, 0.25) is 11.8 Å². The Balaban J connectivity index is 1.88. The fourth-order valence-corrected chi connectivity index (χ4v) is 2.81. The fraction of sp³-hybridized carbons (Fsp3) is 0.333. The van der Waals surface area contributed by atoms with Crippen LogP contribution in [0.3, 0.4) is 0 Å². The van der Waals surface area contributed by atoms with Crippen molar-refractivity contribution in [3.8, 4) is 0 Å². The lowest BCUT2D eigenvalue weighted by Crippen LogP contribution is -2.51. The van der Waals surface area contributed by atoms with Crippen LogP contribution in [0.25, 0.3) is 0 Å². The summed E-state index contributed by atoms with van der Waals surface area (Å²) in [5, 5.41) is 3.69. The maximum atomic E-state index is 12.0. The molecule has 2 amide bonds. The molecule has 0 aliphatic carbocycles. The molecule has 0 aromatic heterocycles. The van der Waals surface area contributed by atoms with E-state index < -0.39 is 0 Å². The first-order chi connectivity index (χ1) is 10.5. The van der Waals surface area contributed by atoms with Gasteiger partial charge in [0, 0.05) is 31.2 Å². The minimum atomic E-state index is -0.347. The minimum absolute atomic E-state index is 0.00739.